The second-order valence-corrected chi connectivity index (χ2v) is 9.79. The molecule has 0 saturated carbocycles. The van der Waals surface area contributed by atoms with Crippen LogP contribution >= 0.6 is 0 Å². The zero-order valence-electron chi connectivity index (χ0n) is 19.3. The second-order valence-electron chi connectivity index (χ2n) is 8.24. The van der Waals surface area contributed by atoms with E-state index in [4.69, 9.17) is 10.5 Å². The second kappa shape index (κ2) is 13.1. The van der Waals surface area contributed by atoms with Crippen molar-refractivity contribution >= 4 is 22.6 Å². The maximum atomic E-state index is 12.5. The Hall–Kier alpha value is -2.70. The summed E-state index contributed by atoms with van der Waals surface area (Å²) in [5.41, 5.74) is 5.85. The van der Waals surface area contributed by atoms with Crippen molar-refractivity contribution in [3.8, 4) is 0 Å². The number of aryl methyl sites for hydroxylation is 1. The summed E-state index contributed by atoms with van der Waals surface area (Å²) >= 11 is 0. The van der Waals surface area contributed by atoms with Gasteiger partial charge in [-0.3, -0.25) is 13.8 Å². The molecule has 2 aromatic rings. The van der Waals surface area contributed by atoms with Crippen molar-refractivity contribution in [1.82, 2.24) is 30.8 Å². The molecule has 0 radical (unpaired) electrons. The number of nitrogens with zero attached hydrogens (tertiary/aromatic N) is 4. The third kappa shape index (κ3) is 9.76. The molecule has 0 aliphatic carbocycles. The Labute approximate surface area is 196 Å². The minimum Gasteiger partial charge on any atom is -0.374 e. The van der Waals surface area contributed by atoms with E-state index in [-0.39, 0.29) is 24.8 Å². The molecule has 0 aliphatic heterocycles. The highest BCUT2D eigenvalue weighted by Gasteiger charge is 2.28. The van der Waals surface area contributed by atoms with Gasteiger partial charge in [-0.05, 0) is 36.3 Å². The summed E-state index contributed by atoms with van der Waals surface area (Å²) in [6.45, 7) is 4.49. The fraction of sp³-hybridized carbons (Fsp3) is 0.571. The standard InChI is InChI=1S/C21H33N7O4S/c1-21(2,22)20(30)24-17(15-32-14-16-8-5-4-6-9-16)19-25-26-27-28(19)12-7-10-18(29)23-11-13-33(3)31/h4-6,8-9,17H,7,10-15,22H2,1-3H3,(H,23,29)(H,24,30). The normalized spacial score (nSPS) is 13.3. The van der Waals surface area contributed by atoms with Crippen LogP contribution in [0.25, 0.3) is 0 Å². The van der Waals surface area contributed by atoms with E-state index in [1.54, 1.807) is 24.8 Å². The van der Waals surface area contributed by atoms with Gasteiger partial charge in [-0.25, -0.2) is 4.68 Å². The monoisotopic (exact) mass is 479 g/mol. The zero-order valence-corrected chi connectivity index (χ0v) is 20.1. The summed E-state index contributed by atoms with van der Waals surface area (Å²) in [6, 6.07) is 9.05. The third-order valence-corrected chi connectivity index (χ3v) is 5.42. The van der Waals surface area contributed by atoms with Crippen molar-refractivity contribution < 1.29 is 18.5 Å². The number of hydrogen-bond acceptors (Lipinski definition) is 8. The molecule has 2 amide bonds. The fourth-order valence-electron chi connectivity index (χ4n) is 2.83. The predicted octanol–water partition coefficient (Wildman–Crippen LogP) is 0.0594. The van der Waals surface area contributed by atoms with E-state index in [0.717, 1.165) is 5.56 Å². The van der Waals surface area contributed by atoms with Crippen LogP contribution in [0.4, 0.5) is 0 Å². The Bertz CT molecular complexity index is 915. The first-order chi connectivity index (χ1) is 15.7. The molecule has 1 aromatic carbocycles. The highest BCUT2D eigenvalue weighted by molar-refractivity contribution is 7.84. The first-order valence-corrected chi connectivity index (χ1v) is 12.4. The van der Waals surface area contributed by atoms with Gasteiger partial charge in [0.05, 0.1) is 18.8 Å². The molecule has 2 rings (SSSR count). The van der Waals surface area contributed by atoms with Crippen LogP contribution in [-0.2, 0) is 38.3 Å². The molecule has 11 nitrogen and oxygen atoms in total. The number of rotatable bonds is 14. The van der Waals surface area contributed by atoms with E-state index >= 15 is 0 Å². The lowest BCUT2D eigenvalue weighted by molar-refractivity contribution is -0.126. The molecule has 1 heterocycles. The predicted molar refractivity (Wildman–Crippen MR) is 124 cm³/mol. The Morgan fingerprint density at radius 3 is 2.67 bits per heavy atom. The van der Waals surface area contributed by atoms with Gasteiger partial charge in [0.2, 0.25) is 11.8 Å². The van der Waals surface area contributed by atoms with Crippen LogP contribution in [0.15, 0.2) is 30.3 Å². The van der Waals surface area contributed by atoms with Crippen LogP contribution in [0.3, 0.4) is 0 Å². The average molecular weight is 480 g/mol. The minimum atomic E-state index is -1.09. The third-order valence-electron chi connectivity index (χ3n) is 4.64. The molecule has 1 aromatic heterocycles. The molecule has 2 atom stereocenters. The Morgan fingerprint density at radius 2 is 2.00 bits per heavy atom. The number of nitrogens with two attached hydrogens (primary N) is 1. The lowest BCUT2D eigenvalue weighted by Gasteiger charge is -2.23. The summed E-state index contributed by atoms with van der Waals surface area (Å²) in [5, 5.41) is 17.4. The molecule has 0 saturated heterocycles. The van der Waals surface area contributed by atoms with Gasteiger partial charge < -0.3 is 21.1 Å². The summed E-state index contributed by atoms with van der Waals surface area (Å²) in [5.74, 6) is 0.349. The van der Waals surface area contributed by atoms with Gasteiger partial charge in [0.15, 0.2) is 5.82 Å². The van der Waals surface area contributed by atoms with E-state index in [1.165, 1.54) is 0 Å². The van der Waals surface area contributed by atoms with Crippen LogP contribution in [0, 0.1) is 0 Å². The number of carbonyl (C=O) groups excluding carboxylic acids is 2. The average Bonchev–Trinajstić information content (AvgIpc) is 3.21. The number of nitrogens with one attached hydrogen (secondary N) is 2. The van der Waals surface area contributed by atoms with Crippen molar-refractivity contribution in [3.63, 3.8) is 0 Å². The minimum absolute atomic E-state index is 0.129. The molecule has 2 unspecified atom stereocenters. The highest BCUT2D eigenvalue weighted by Crippen LogP contribution is 2.14. The Kier molecular flexibility index (Phi) is 10.6. The van der Waals surface area contributed by atoms with Gasteiger partial charge >= 0.3 is 0 Å². The van der Waals surface area contributed by atoms with Gasteiger partial charge in [0, 0.05) is 42.3 Å². The van der Waals surface area contributed by atoms with Gasteiger partial charge in [0.25, 0.3) is 0 Å². The summed E-state index contributed by atoms with van der Waals surface area (Å²) < 4.78 is 18.5. The Balaban J connectivity index is 1.98. The van der Waals surface area contributed by atoms with E-state index in [0.29, 0.717) is 37.7 Å². The highest BCUT2D eigenvalue weighted by atomic mass is 32.2. The topological polar surface area (TPSA) is 154 Å². The maximum absolute atomic E-state index is 12.5. The first kappa shape index (κ1) is 26.6. The van der Waals surface area contributed by atoms with Gasteiger partial charge in [-0.2, -0.15) is 0 Å². The number of tetrazole rings is 1. The maximum Gasteiger partial charge on any atom is 0.240 e. The van der Waals surface area contributed by atoms with Gasteiger partial charge in [-0.1, -0.05) is 30.3 Å². The molecule has 0 aliphatic rings. The van der Waals surface area contributed by atoms with Gasteiger partial charge in [-0.15, -0.1) is 5.10 Å². The van der Waals surface area contributed by atoms with Gasteiger partial charge in [0.1, 0.15) is 6.04 Å². The summed E-state index contributed by atoms with van der Waals surface area (Å²) in [7, 11) is -0.948. The number of aromatic nitrogens is 4. The van der Waals surface area contributed by atoms with Crippen molar-refractivity contribution in [2.24, 2.45) is 5.73 Å². The molecule has 33 heavy (non-hydrogen) atoms. The Morgan fingerprint density at radius 1 is 1.27 bits per heavy atom. The zero-order chi connectivity index (χ0) is 24.3. The molecule has 0 bridgehead atoms. The van der Waals surface area contributed by atoms with Crippen molar-refractivity contribution in [1.29, 1.82) is 0 Å². The van der Waals surface area contributed by atoms with Crippen LogP contribution in [0.2, 0.25) is 0 Å². The largest absolute Gasteiger partial charge is 0.374 e. The molecular weight excluding hydrogens is 446 g/mol. The van der Waals surface area contributed by atoms with Crippen molar-refractivity contribution in [2.45, 2.75) is 51.4 Å². The molecule has 0 spiro atoms. The SMILES string of the molecule is CS(=O)CCNC(=O)CCCn1nnnc1C(COCc1ccccc1)NC(=O)C(C)(C)N. The van der Waals surface area contributed by atoms with Crippen LogP contribution < -0.4 is 16.4 Å². The van der Waals surface area contributed by atoms with Crippen molar-refractivity contribution in [3.05, 3.63) is 41.7 Å². The lowest BCUT2D eigenvalue weighted by Crippen LogP contribution is -2.51. The number of amides is 2. The smallest absolute Gasteiger partial charge is 0.240 e. The van der Waals surface area contributed by atoms with Crippen LogP contribution in [0.1, 0.15) is 44.1 Å². The van der Waals surface area contributed by atoms with E-state index < -0.39 is 22.4 Å². The fourth-order valence-corrected chi connectivity index (χ4v) is 3.22. The van der Waals surface area contributed by atoms with E-state index in [2.05, 4.69) is 26.2 Å². The first-order valence-electron chi connectivity index (χ1n) is 10.7. The number of benzene rings is 1. The molecular formula is C21H33N7O4S. The van der Waals surface area contributed by atoms with Crippen molar-refractivity contribution in [2.75, 3.05) is 25.2 Å². The number of ether oxygens (including phenoxy) is 1. The molecule has 12 heteroatoms. The lowest BCUT2D eigenvalue weighted by atomic mass is 10.1. The molecule has 182 valence electrons. The number of carbonyl (C=O) groups is 2. The van der Waals surface area contributed by atoms with E-state index in [9.17, 15) is 13.8 Å². The molecule has 0 fully saturated rings. The quantitative estimate of drug-likeness (QED) is 0.344. The number of hydrogen-bond donors (Lipinski definition) is 3. The van der Waals surface area contributed by atoms with Crippen LogP contribution in [0.5, 0.6) is 0 Å². The summed E-state index contributed by atoms with van der Waals surface area (Å²) in [4.78, 5) is 24.5. The molecule has 4 N–H and O–H groups in total. The van der Waals surface area contributed by atoms with Crippen LogP contribution in [-0.4, -0.2) is 66.9 Å². The van der Waals surface area contributed by atoms with E-state index in [1.807, 2.05) is 30.3 Å². The summed E-state index contributed by atoms with van der Waals surface area (Å²) in [6.07, 6.45) is 2.36.